The number of benzene rings is 4. The molecule has 0 saturated carbocycles. The van der Waals surface area contributed by atoms with E-state index < -0.39 is 5.41 Å². The monoisotopic (exact) mass is 408 g/mol. The van der Waals surface area contributed by atoms with Gasteiger partial charge in [-0.05, 0) is 40.5 Å². The first kappa shape index (κ1) is 17.5. The molecule has 0 fully saturated rings. The number of hydrogen-bond donors (Lipinski definition) is 0. The maximum Gasteiger partial charge on any atom is 0.145 e. The molecule has 2 aromatic heterocycles. The zero-order chi connectivity index (χ0) is 21.1. The first-order chi connectivity index (χ1) is 15.9. The Labute approximate surface area is 186 Å². The average molecular weight is 409 g/mol. The normalized spacial score (nSPS) is 13.9. The van der Waals surface area contributed by atoms with Crippen molar-refractivity contribution in [3.8, 4) is 5.69 Å². The molecule has 2 heteroatoms. The summed E-state index contributed by atoms with van der Waals surface area (Å²) in [6, 6.07) is 41.6. The molecule has 0 aliphatic carbocycles. The van der Waals surface area contributed by atoms with Crippen molar-refractivity contribution >= 4 is 21.9 Å². The van der Waals surface area contributed by atoms with Crippen molar-refractivity contribution in [2.45, 2.75) is 5.41 Å². The lowest BCUT2D eigenvalue weighted by Crippen LogP contribution is -2.35. The molecule has 0 saturated heterocycles. The van der Waals surface area contributed by atoms with Crippen LogP contribution in [0.4, 0.5) is 0 Å². The molecule has 0 unspecified atom stereocenters. The van der Waals surface area contributed by atoms with Gasteiger partial charge in [-0.2, -0.15) is 0 Å². The number of rotatable bonds is 2. The predicted molar refractivity (Wildman–Crippen MR) is 130 cm³/mol. The van der Waals surface area contributed by atoms with Gasteiger partial charge in [-0.25, -0.2) is 4.98 Å². The molecule has 1 aliphatic rings. The minimum absolute atomic E-state index is 0.414. The van der Waals surface area contributed by atoms with E-state index in [1.807, 2.05) is 12.3 Å². The Balaban J connectivity index is 1.79. The predicted octanol–water partition coefficient (Wildman–Crippen LogP) is 6.87. The number of fused-ring (bicyclic) bond motifs is 5. The van der Waals surface area contributed by atoms with E-state index in [4.69, 9.17) is 4.98 Å². The number of aromatic nitrogens is 2. The third-order valence-electron chi connectivity index (χ3n) is 6.91. The molecule has 6 aromatic rings. The van der Waals surface area contributed by atoms with Gasteiger partial charge in [0, 0.05) is 17.0 Å². The van der Waals surface area contributed by atoms with Crippen molar-refractivity contribution in [1.82, 2.24) is 9.55 Å². The molecule has 3 heterocycles. The van der Waals surface area contributed by atoms with E-state index in [9.17, 15) is 0 Å². The van der Waals surface area contributed by atoms with Crippen molar-refractivity contribution in [2.75, 3.05) is 0 Å². The van der Waals surface area contributed by atoms with E-state index in [1.54, 1.807) is 0 Å². The van der Waals surface area contributed by atoms with Gasteiger partial charge in [-0.3, -0.25) is 4.57 Å². The third-order valence-corrected chi connectivity index (χ3v) is 6.91. The smallest absolute Gasteiger partial charge is 0.145 e. The molecule has 0 N–H and O–H groups in total. The highest BCUT2D eigenvalue weighted by molar-refractivity contribution is 6.10. The Morgan fingerprint density at radius 3 is 1.91 bits per heavy atom. The Hall–Kier alpha value is -4.17. The van der Waals surface area contributed by atoms with Crippen molar-refractivity contribution in [1.29, 1.82) is 0 Å². The Morgan fingerprint density at radius 2 is 1.16 bits per heavy atom. The van der Waals surface area contributed by atoms with E-state index in [0.29, 0.717) is 0 Å². The quantitative estimate of drug-likeness (QED) is 0.305. The molecule has 32 heavy (non-hydrogen) atoms. The van der Waals surface area contributed by atoms with Gasteiger partial charge < -0.3 is 0 Å². The third kappa shape index (κ3) is 2.06. The van der Waals surface area contributed by atoms with Crippen LogP contribution in [0.15, 0.2) is 121 Å². The van der Waals surface area contributed by atoms with Crippen LogP contribution in [0.5, 0.6) is 0 Å². The molecular weight excluding hydrogens is 388 g/mol. The Morgan fingerprint density at radius 1 is 0.531 bits per heavy atom. The van der Waals surface area contributed by atoms with Gasteiger partial charge >= 0.3 is 0 Å². The molecule has 4 aromatic carbocycles. The zero-order valence-electron chi connectivity index (χ0n) is 17.4. The summed E-state index contributed by atoms with van der Waals surface area (Å²) in [4.78, 5) is 4.82. The maximum atomic E-state index is 4.82. The van der Waals surface area contributed by atoms with Crippen LogP contribution in [0.25, 0.3) is 27.6 Å². The van der Waals surface area contributed by atoms with Crippen LogP contribution < -0.4 is 0 Å². The lowest BCUT2D eigenvalue weighted by Gasteiger charge is -2.41. The fraction of sp³-hybridized carbons (Fsp3) is 0.0333. The maximum absolute atomic E-state index is 4.82. The molecule has 0 atom stereocenters. The summed E-state index contributed by atoms with van der Waals surface area (Å²) in [6.45, 7) is 0. The lowest BCUT2D eigenvalue weighted by molar-refractivity contribution is 0.727. The van der Waals surface area contributed by atoms with Crippen LogP contribution in [0.3, 0.4) is 0 Å². The van der Waals surface area contributed by atoms with Gasteiger partial charge in [-0.15, -0.1) is 0 Å². The van der Waals surface area contributed by atoms with Crippen molar-refractivity contribution < 1.29 is 0 Å². The highest BCUT2D eigenvalue weighted by atomic mass is 15.1. The summed E-state index contributed by atoms with van der Waals surface area (Å²) in [5, 5.41) is 2.44. The van der Waals surface area contributed by atoms with Gasteiger partial charge in [0.2, 0.25) is 0 Å². The largest absolute Gasteiger partial charge is 0.293 e. The minimum Gasteiger partial charge on any atom is -0.293 e. The summed E-state index contributed by atoms with van der Waals surface area (Å²) in [6.07, 6.45) is 1.89. The first-order valence-corrected chi connectivity index (χ1v) is 11.0. The van der Waals surface area contributed by atoms with Gasteiger partial charge in [-0.1, -0.05) is 97.1 Å². The second-order valence-electron chi connectivity index (χ2n) is 8.41. The molecule has 1 aliphatic heterocycles. The summed E-state index contributed by atoms with van der Waals surface area (Å²) in [5.74, 6) is 0. The van der Waals surface area contributed by atoms with E-state index in [-0.39, 0.29) is 0 Å². The van der Waals surface area contributed by atoms with Gasteiger partial charge in [0.1, 0.15) is 5.65 Å². The molecule has 0 bridgehead atoms. The minimum atomic E-state index is -0.414. The zero-order valence-corrected chi connectivity index (χ0v) is 17.4. The van der Waals surface area contributed by atoms with Crippen molar-refractivity contribution in [2.24, 2.45) is 0 Å². The highest BCUT2D eigenvalue weighted by Crippen LogP contribution is 2.53. The number of hydrogen-bond acceptors (Lipinski definition) is 1. The Kier molecular flexibility index (Phi) is 3.51. The van der Waals surface area contributed by atoms with Crippen LogP contribution in [-0.2, 0) is 5.41 Å². The fourth-order valence-corrected chi connectivity index (χ4v) is 5.73. The molecule has 150 valence electrons. The molecule has 7 rings (SSSR count). The average Bonchev–Trinajstić information content (AvgIpc) is 3.22. The van der Waals surface area contributed by atoms with Crippen LogP contribution in [0.2, 0.25) is 0 Å². The fourth-order valence-electron chi connectivity index (χ4n) is 5.73. The van der Waals surface area contributed by atoms with Gasteiger partial charge in [0.05, 0.1) is 16.6 Å². The van der Waals surface area contributed by atoms with Crippen LogP contribution in [0, 0.1) is 0 Å². The molecule has 2 nitrogen and oxygen atoms in total. The van der Waals surface area contributed by atoms with Crippen LogP contribution in [0.1, 0.15) is 22.3 Å². The second kappa shape index (κ2) is 6.41. The summed E-state index contributed by atoms with van der Waals surface area (Å²) < 4.78 is 2.36. The number of nitrogens with zero attached hydrogens (tertiary/aromatic N) is 2. The summed E-state index contributed by atoms with van der Waals surface area (Å²) in [7, 11) is 0. The number of pyridine rings is 1. The van der Waals surface area contributed by atoms with E-state index in [1.165, 1.54) is 44.2 Å². The van der Waals surface area contributed by atoms with E-state index >= 15 is 0 Å². The second-order valence-corrected chi connectivity index (χ2v) is 8.41. The van der Waals surface area contributed by atoms with E-state index in [0.717, 1.165) is 5.65 Å². The van der Waals surface area contributed by atoms with Crippen LogP contribution >= 0.6 is 0 Å². The summed E-state index contributed by atoms with van der Waals surface area (Å²) >= 11 is 0. The topological polar surface area (TPSA) is 17.8 Å². The molecular formula is C30H20N2. The van der Waals surface area contributed by atoms with Gasteiger partial charge in [0.25, 0.3) is 0 Å². The van der Waals surface area contributed by atoms with Gasteiger partial charge in [0.15, 0.2) is 0 Å². The first-order valence-electron chi connectivity index (χ1n) is 11.0. The SMILES string of the molecule is c1ccc(C2(c3ccccc3)c3ccccc3-n3c4ncccc4c4cccc2c43)cc1. The Bertz CT molecular complexity index is 1570. The summed E-state index contributed by atoms with van der Waals surface area (Å²) in [5.41, 5.74) is 8.15. The lowest BCUT2D eigenvalue weighted by atomic mass is 9.63. The number of para-hydroxylation sites is 2. The molecule has 0 amide bonds. The highest BCUT2D eigenvalue weighted by Gasteiger charge is 2.45. The van der Waals surface area contributed by atoms with Crippen molar-refractivity contribution in [3.05, 3.63) is 144 Å². The van der Waals surface area contributed by atoms with Crippen molar-refractivity contribution in [3.63, 3.8) is 0 Å². The molecule has 0 radical (unpaired) electrons. The standard InChI is InChI=1S/C30H20N2/c1-3-11-21(12-4-1)30(22-13-5-2-6-14-22)25-17-7-8-19-27(25)32-28-23(15-9-18-26(28)30)24-16-10-20-31-29(24)32/h1-20H. The van der Waals surface area contributed by atoms with E-state index in [2.05, 4.69) is 114 Å². The molecule has 0 spiro atoms. The van der Waals surface area contributed by atoms with Crippen LogP contribution in [-0.4, -0.2) is 9.55 Å².